The Balaban J connectivity index is 2.12. The molecule has 2 aliphatic rings. The molecule has 2 heterocycles. The summed E-state index contributed by atoms with van der Waals surface area (Å²) in [5.74, 6) is -0.345. The predicted molar refractivity (Wildman–Crippen MR) is 30.2 cm³/mol. The van der Waals surface area contributed by atoms with E-state index in [1.54, 1.807) is 6.92 Å². The molecule has 0 spiro atoms. The highest BCUT2D eigenvalue weighted by Gasteiger charge is 2.57. The second-order valence-electron chi connectivity index (χ2n) is 2.65. The number of aliphatic hydroxyl groups is 1. The molecule has 1 N–H and O–H groups in total. The normalized spacial score (nSPS) is 51.6. The van der Waals surface area contributed by atoms with E-state index in [2.05, 4.69) is 0 Å². The van der Waals surface area contributed by atoms with Crippen LogP contribution in [-0.4, -0.2) is 35.5 Å². The standard InChI is InChI=1S/C6H8O4/c1-2-3(7)4-5(10-4)6(8)9-2/h2-5,7H,1H3/t2-,3-,4-,5-/m1/s1. The van der Waals surface area contributed by atoms with E-state index in [4.69, 9.17) is 9.47 Å². The summed E-state index contributed by atoms with van der Waals surface area (Å²) in [7, 11) is 0. The molecule has 4 heteroatoms. The number of carbonyl (C=O) groups excluding carboxylic acids is 1. The minimum absolute atomic E-state index is 0.295. The lowest BCUT2D eigenvalue weighted by Crippen LogP contribution is -2.40. The summed E-state index contributed by atoms with van der Waals surface area (Å²) in [4.78, 5) is 10.7. The number of ether oxygens (including phenoxy) is 2. The number of hydrogen-bond donors (Lipinski definition) is 1. The van der Waals surface area contributed by atoms with Gasteiger partial charge in [-0.2, -0.15) is 0 Å². The van der Waals surface area contributed by atoms with Crippen LogP contribution in [-0.2, 0) is 14.3 Å². The van der Waals surface area contributed by atoms with E-state index in [1.807, 2.05) is 0 Å². The molecule has 2 saturated heterocycles. The van der Waals surface area contributed by atoms with Gasteiger partial charge in [-0.3, -0.25) is 0 Å². The van der Waals surface area contributed by atoms with Gasteiger partial charge in [0, 0.05) is 0 Å². The third-order valence-electron chi connectivity index (χ3n) is 1.88. The van der Waals surface area contributed by atoms with E-state index in [9.17, 15) is 9.90 Å². The lowest BCUT2D eigenvalue weighted by Gasteiger charge is -2.20. The molecule has 0 aromatic carbocycles. The second-order valence-corrected chi connectivity index (χ2v) is 2.65. The summed E-state index contributed by atoms with van der Waals surface area (Å²) in [5.41, 5.74) is 0. The highest BCUT2D eigenvalue weighted by Crippen LogP contribution is 2.33. The average molecular weight is 144 g/mol. The summed E-state index contributed by atoms with van der Waals surface area (Å²) >= 11 is 0. The van der Waals surface area contributed by atoms with Gasteiger partial charge in [0.15, 0.2) is 6.10 Å². The zero-order valence-corrected chi connectivity index (χ0v) is 5.48. The zero-order valence-electron chi connectivity index (χ0n) is 5.48. The Hall–Kier alpha value is -0.610. The Bertz CT molecular complexity index is 177. The Morgan fingerprint density at radius 1 is 1.60 bits per heavy atom. The van der Waals surface area contributed by atoms with Crippen LogP contribution in [0.25, 0.3) is 0 Å². The molecule has 0 unspecified atom stereocenters. The Labute approximate surface area is 57.7 Å². The molecule has 2 aliphatic heterocycles. The molecular formula is C6H8O4. The summed E-state index contributed by atoms with van der Waals surface area (Å²) in [6.45, 7) is 1.65. The molecule has 56 valence electrons. The molecule has 4 atom stereocenters. The van der Waals surface area contributed by atoms with E-state index in [0.29, 0.717) is 0 Å². The minimum Gasteiger partial charge on any atom is -0.458 e. The fourth-order valence-electron chi connectivity index (χ4n) is 1.16. The maximum atomic E-state index is 10.7. The van der Waals surface area contributed by atoms with Gasteiger partial charge in [-0.25, -0.2) is 4.79 Å². The maximum absolute atomic E-state index is 10.7. The van der Waals surface area contributed by atoms with Crippen molar-refractivity contribution in [3.05, 3.63) is 0 Å². The zero-order chi connectivity index (χ0) is 7.30. The molecule has 0 aliphatic carbocycles. The summed E-state index contributed by atoms with van der Waals surface area (Å²) in [5, 5.41) is 9.20. The molecule has 2 fully saturated rings. The summed E-state index contributed by atoms with van der Waals surface area (Å²) < 4.78 is 9.59. The van der Waals surface area contributed by atoms with Crippen molar-refractivity contribution in [3.63, 3.8) is 0 Å². The lowest BCUT2D eigenvalue weighted by atomic mass is 10.1. The van der Waals surface area contributed by atoms with Crippen LogP contribution in [0.2, 0.25) is 0 Å². The Morgan fingerprint density at radius 3 is 3.00 bits per heavy atom. The number of epoxide rings is 1. The number of aliphatic hydroxyl groups excluding tert-OH is 1. The number of esters is 1. The minimum atomic E-state index is -0.636. The highest BCUT2D eigenvalue weighted by atomic mass is 16.7. The van der Waals surface area contributed by atoms with E-state index in [1.165, 1.54) is 0 Å². The van der Waals surface area contributed by atoms with E-state index in [0.717, 1.165) is 0 Å². The molecule has 0 bridgehead atoms. The van der Waals surface area contributed by atoms with Crippen molar-refractivity contribution in [1.29, 1.82) is 0 Å². The molecule has 0 aromatic heterocycles. The highest BCUT2D eigenvalue weighted by molar-refractivity contribution is 5.79. The van der Waals surface area contributed by atoms with Gasteiger partial charge in [0.05, 0.1) is 0 Å². The predicted octanol–water partition coefficient (Wildman–Crippen LogP) is -0.940. The second kappa shape index (κ2) is 1.71. The third-order valence-corrected chi connectivity index (χ3v) is 1.88. The lowest BCUT2D eigenvalue weighted by molar-refractivity contribution is -0.157. The number of rotatable bonds is 0. The van der Waals surface area contributed by atoms with Crippen LogP contribution >= 0.6 is 0 Å². The quantitative estimate of drug-likeness (QED) is 0.352. The largest absolute Gasteiger partial charge is 0.458 e. The Kier molecular flexibility index (Phi) is 1.04. The van der Waals surface area contributed by atoms with Crippen LogP contribution in [0.5, 0.6) is 0 Å². The summed E-state index contributed by atoms with van der Waals surface area (Å²) in [6, 6.07) is 0. The molecule has 0 radical (unpaired) electrons. The van der Waals surface area contributed by atoms with Gasteiger partial charge in [-0.1, -0.05) is 0 Å². The van der Waals surface area contributed by atoms with E-state index >= 15 is 0 Å². The van der Waals surface area contributed by atoms with Crippen LogP contribution < -0.4 is 0 Å². The van der Waals surface area contributed by atoms with Gasteiger partial charge >= 0.3 is 5.97 Å². The molecule has 2 rings (SSSR count). The van der Waals surface area contributed by atoms with Crippen molar-refractivity contribution >= 4 is 5.97 Å². The number of cyclic esters (lactones) is 1. The van der Waals surface area contributed by atoms with E-state index in [-0.39, 0.29) is 12.1 Å². The van der Waals surface area contributed by atoms with Crippen LogP contribution in [0.3, 0.4) is 0 Å². The molecule has 4 nitrogen and oxygen atoms in total. The maximum Gasteiger partial charge on any atom is 0.338 e. The van der Waals surface area contributed by atoms with Crippen LogP contribution in [0.4, 0.5) is 0 Å². The fourth-order valence-corrected chi connectivity index (χ4v) is 1.16. The van der Waals surface area contributed by atoms with Gasteiger partial charge in [0.1, 0.15) is 18.3 Å². The number of carbonyl (C=O) groups is 1. The van der Waals surface area contributed by atoms with Crippen molar-refractivity contribution in [1.82, 2.24) is 0 Å². The SMILES string of the molecule is C[C@H]1OC(=O)[C@@H]2O[C@@H]2[C@@H]1O. The van der Waals surface area contributed by atoms with Crippen molar-refractivity contribution in [3.8, 4) is 0 Å². The van der Waals surface area contributed by atoms with Crippen LogP contribution in [0.1, 0.15) is 6.92 Å². The molecule has 0 amide bonds. The average Bonchev–Trinajstić information content (AvgIpc) is 2.61. The topological polar surface area (TPSA) is 59.1 Å². The van der Waals surface area contributed by atoms with Gasteiger partial charge in [-0.15, -0.1) is 0 Å². The fraction of sp³-hybridized carbons (Fsp3) is 0.833. The molecule has 0 saturated carbocycles. The van der Waals surface area contributed by atoms with Crippen molar-refractivity contribution < 1.29 is 19.4 Å². The molecular weight excluding hydrogens is 136 g/mol. The number of hydrogen-bond acceptors (Lipinski definition) is 4. The first-order valence-electron chi connectivity index (χ1n) is 3.24. The molecule has 0 aromatic rings. The van der Waals surface area contributed by atoms with Gasteiger partial charge < -0.3 is 14.6 Å². The van der Waals surface area contributed by atoms with Gasteiger partial charge in [0.2, 0.25) is 0 Å². The monoisotopic (exact) mass is 144 g/mol. The van der Waals surface area contributed by atoms with E-state index < -0.39 is 18.3 Å². The first-order chi connectivity index (χ1) is 4.70. The van der Waals surface area contributed by atoms with Crippen molar-refractivity contribution in [2.24, 2.45) is 0 Å². The van der Waals surface area contributed by atoms with Crippen molar-refractivity contribution in [2.45, 2.75) is 31.3 Å². The van der Waals surface area contributed by atoms with Crippen LogP contribution in [0, 0.1) is 0 Å². The smallest absolute Gasteiger partial charge is 0.338 e. The first kappa shape index (κ1) is 6.12. The Morgan fingerprint density at radius 2 is 2.30 bits per heavy atom. The van der Waals surface area contributed by atoms with Gasteiger partial charge in [-0.05, 0) is 6.92 Å². The van der Waals surface area contributed by atoms with Gasteiger partial charge in [0.25, 0.3) is 0 Å². The van der Waals surface area contributed by atoms with Crippen molar-refractivity contribution in [2.75, 3.05) is 0 Å². The number of fused-ring (bicyclic) bond motifs is 1. The summed E-state index contributed by atoms with van der Waals surface area (Å²) in [6.07, 6.45) is -1.83. The van der Waals surface area contributed by atoms with Crippen LogP contribution in [0.15, 0.2) is 0 Å². The first-order valence-corrected chi connectivity index (χ1v) is 3.24. The molecule has 10 heavy (non-hydrogen) atoms. The third kappa shape index (κ3) is 0.660.